The number of anilines is 1. The molecule has 2 amide bonds. The van der Waals surface area contributed by atoms with Crippen molar-refractivity contribution >= 4 is 46.0 Å². The Morgan fingerprint density at radius 1 is 0.757 bits per heavy atom. The van der Waals surface area contributed by atoms with Crippen LogP contribution in [0.3, 0.4) is 0 Å². The molecule has 6 heteroatoms. The van der Waals surface area contributed by atoms with Crippen LogP contribution in [0.1, 0.15) is 37.8 Å². The first-order chi connectivity index (χ1) is 17.8. The van der Waals surface area contributed by atoms with Gasteiger partial charge in [0, 0.05) is 0 Å². The van der Waals surface area contributed by atoms with Gasteiger partial charge in [-0.3, -0.25) is 14.4 Å². The second kappa shape index (κ2) is 8.22. The molecule has 1 aliphatic heterocycles. The van der Waals surface area contributed by atoms with E-state index < -0.39 is 40.3 Å². The van der Waals surface area contributed by atoms with Crippen LogP contribution in [0.15, 0.2) is 78.9 Å². The van der Waals surface area contributed by atoms with Gasteiger partial charge < -0.3 is 0 Å². The summed E-state index contributed by atoms with van der Waals surface area (Å²) < 4.78 is 14.4. The van der Waals surface area contributed by atoms with E-state index in [0.717, 1.165) is 33.2 Å². The van der Waals surface area contributed by atoms with E-state index in [1.807, 2.05) is 74.5 Å². The number of carbonyl (C=O) groups is 3. The molecule has 1 saturated carbocycles. The number of fused-ring (bicyclic) bond motifs is 5. The Morgan fingerprint density at radius 3 is 1.62 bits per heavy atom. The van der Waals surface area contributed by atoms with Crippen molar-refractivity contribution in [2.75, 3.05) is 4.90 Å². The summed E-state index contributed by atoms with van der Waals surface area (Å²) in [5.74, 6) is -3.40. The van der Waals surface area contributed by atoms with E-state index in [0.29, 0.717) is 12.8 Å². The highest BCUT2D eigenvalue weighted by atomic mass is 35.5. The smallest absolute Gasteiger partial charge is 0.239 e. The number of carbonyl (C=O) groups excluding carboxylic acids is 3. The van der Waals surface area contributed by atoms with Gasteiger partial charge in [-0.15, -0.1) is 0 Å². The molecule has 3 aliphatic rings. The maximum atomic E-state index is 14.6. The molecule has 0 unspecified atom stereocenters. The first-order valence-corrected chi connectivity index (χ1v) is 13.0. The third-order valence-corrected chi connectivity index (χ3v) is 9.03. The van der Waals surface area contributed by atoms with Crippen molar-refractivity contribution in [3.63, 3.8) is 0 Å². The van der Waals surface area contributed by atoms with Crippen LogP contribution in [0, 0.1) is 28.5 Å². The van der Waals surface area contributed by atoms with Gasteiger partial charge in [-0.05, 0) is 53.3 Å². The lowest BCUT2D eigenvalue weighted by Gasteiger charge is -2.38. The van der Waals surface area contributed by atoms with Crippen LogP contribution in [0.5, 0.6) is 0 Å². The Balaban J connectivity index is 1.66. The van der Waals surface area contributed by atoms with Crippen LogP contribution in [-0.4, -0.2) is 17.6 Å². The predicted molar refractivity (Wildman–Crippen MR) is 141 cm³/mol. The standard InChI is InChI=1S/C31H25ClFNO3/c1-3-30-23(18-11-7-5-8-12-18)24(19-13-9-6-10-14-19)31(4-2,29(30)37)26-25(30)27(35)34(28(26)36)20-15-16-21(32)22(33)17-20/h5-17,25-26H,3-4H2,1-2H3/t25-,26-,30-,31-/m0/s1. The van der Waals surface area contributed by atoms with Gasteiger partial charge in [-0.2, -0.15) is 0 Å². The topological polar surface area (TPSA) is 54.5 Å². The molecule has 1 heterocycles. The van der Waals surface area contributed by atoms with Gasteiger partial charge in [0.15, 0.2) is 5.78 Å². The number of hydrogen-bond donors (Lipinski definition) is 0. The maximum Gasteiger partial charge on any atom is 0.239 e. The van der Waals surface area contributed by atoms with Crippen LogP contribution in [-0.2, 0) is 14.4 Å². The summed E-state index contributed by atoms with van der Waals surface area (Å²) in [7, 11) is 0. The van der Waals surface area contributed by atoms with Gasteiger partial charge in [0.25, 0.3) is 0 Å². The number of Topliss-reactive ketones (excluding diaryl/α,β-unsaturated/α-hetero) is 1. The number of nitrogens with zero attached hydrogens (tertiary/aromatic N) is 1. The van der Waals surface area contributed by atoms with Crippen molar-refractivity contribution < 1.29 is 18.8 Å². The van der Waals surface area contributed by atoms with Gasteiger partial charge in [0.2, 0.25) is 11.8 Å². The average Bonchev–Trinajstić information content (AvgIpc) is 3.42. The first-order valence-electron chi connectivity index (χ1n) is 12.6. The summed E-state index contributed by atoms with van der Waals surface area (Å²) in [6.07, 6.45) is 0.744. The lowest BCUT2D eigenvalue weighted by atomic mass is 9.60. The van der Waals surface area contributed by atoms with Crippen LogP contribution >= 0.6 is 11.6 Å². The molecule has 2 fully saturated rings. The third kappa shape index (κ3) is 2.81. The molecule has 0 N–H and O–H groups in total. The third-order valence-electron chi connectivity index (χ3n) is 8.72. The second-order valence-corrected chi connectivity index (χ2v) is 10.4. The van der Waals surface area contributed by atoms with E-state index in [1.165, 1.54) is 12.1 Å². The molecule has 0 aromatic heterocycles. The molecule has 2 aliphatic carbocycles. The van der Waals surface area contributed by atoms with E-state index in [2.05, 4.69) is 0 Å². The minimum Gasteiger partial charge on any atom is -0.298 e. The van der Waals surface area contributed by atoms with E-state index in [9.17, 15) is 18.8 Å². The Bertz CT molecular complexity index is 1420. The van der Waals surface area contributed by atoms with Crippen LogP contribution in [0.2, 0.25) is 5.02 Å². The Kier molecular flexibility index (Phi) is 5.29. The summed E-state index contributed by atoms with van der Waals surface area (Å²) >= 11 is 5.88. The molecule has 4 nitrogen and oxygen atoms in total. The van der Waals surface area contributed by atoms with Gasteiger partial charge in [-0.25, -0.2) is 9.29 Å². The SMILES string of the molecule is CC[C@]12C(=O)[C@@](CC)(C(c3ccccc3)=C1c1ccccc1)[C@@H]1C(=O)N(c3ccc(Cl)c(F)c3)C(=O)[C@H]12. The summed E-state index contributed by atoms with van der Waals surface area (Å²) in [6.45, 7) is 3.83. The zero-order valence-electron chi connectivity index (χ0n) is 20.5. The number of ketones is 1. The first kappa shape index (κ1) is 23.8. The summed E-state index contributed by atoms with van der Waals surface area (Å²) in [5, 5.41) is -0.0901. The van der Waals surface area contributed by atoms with Gasteiger partial charge in [-0.1, -0.05) is 86.1 Å². The number of benzene rings is 3. The fraction of sp³-hybridized carbons (Fsp3) is 0.258. The summed E-state index contributed by atoms with van der Waals surface area (Å²) in [5.41, 5.74) is 1.22. The van der Waals surface area contributed by atoms with Gasteiger partial charge >= 0.3 is 0 Å². The molecule has 2 bridgehead atoms. The lowest BCUT2D eigenvalue weighted by Crippen LogP contribution is -2.41. The molecule has 0 spiro atoms. The van der Waals surface area contributed by atoms with Crippen LogP contribution in [0.25, 0.3) is 11.1 Å². The summed E-state index contributed by atoms with van der Waals surface area (Å²) in [6, 6.07) is 23.3. The fourth-order valence-corrected chi connectivity index (χ4v) is 7.45. The molecule has 0 radical (unpaired) electrons. The van der Waals surface area contributed by atoms with E-state index in [1.54, 1.807) is 0 Å². The van der Waals surface area contributed by atoms with Crippen LogP contribution in [0.4, 0.5) is 10.1 Å². The van der Waals surface area contributed by atoms with Crippen molar-refractivity contribution in [3.8, 4) is 0 Å². The van der Waals surface area contributed by atoms with Crippen molar-refractivity contribution in [2.24, 2.45) is 22.7 Å². The Labute approximate surface area is 219 Å². The number of halogens is 2. The number of imide groups is 1. The molecule has 4 atom stereocenters. The molecule has 186 valence electrons. The molecule has 1 saturated heterocycles. The molecule has 3 aromatic rings. The van der Waals surface area contributed by atoms with Crippen molar-refractivity contribution in [3.05, 3.63) is 101 Å². The predicted octanol–water partition coefficient (Wildman–Crippen LogP) is 6.58. The van der Waals surface area contributed by atoms with Crippen molar-refractivity contribution in [1.29, 1.82) is 0 Å². The normalized spacial score (nSPS) is 28.4. The zero-order valence-corrected chi connectivity index (χ0v) is 21.3. The molecule has 37 heavy (non-hydrogen) atoms. The van der Waals surface area contributed by atoms with Gasteiger partial charge in [0.05, 0.1) is 33.4 Å². The zero-order chi connectivity index (χ0) is 26.1. The second-order valence-electron chi connectivity index (χ2n) is 10.0. The summed E-state index contributed by atoms with van der Waals surface area (Å²) in [4.78, 5) is 44.0. The highest BCUT2D eigenvalue weighted by Crippen LogP contribution is 2.75. The number of amides is 2. The van der Waals surface area contributed by atoms with Crippen LogP contribution < -0.4 is 4.90 Å². The maximum absolute atomic E-state index is 14.6. The van der Waals surface area contributed by atoms with E-state index >= 15 is 0 Å². The monoisotopic (exact) mass is 513 g/mol. The minimum absolute atomic E-state index is 0.0543. The Hall–Kier alpha value is -3.57. The highest BCUT2D eigenvalue weighted by Gasteiger charge is 2.80. The fourth-order valence-electron chi connectivity index (χ4n) is 7.33. The Morgan fingerprint density at radius 2 is 1.22 bits per heavy atom. The lowest BCUT2D eigenvalue weighted by molar-refractivity contribution is -0.134. The average molecular weight is 514 g/mol. The molecule has 6 rings (SSSR count). The number of hydrogen-bond acceptors (Lipinski definition) is 3. The quantitative estimate of drug-likeness (QED) is 0.362. The highest BCUT2D eigenvalue weighted by molar-refractivity contribution is 6.35. The van der Waals surface area contributed by atoms with Gasteiger partial charge in [0.1, 0.15) is 5.82 Å². The van der Waals surface area contributed by atoms with Crippen molar-refractivity contribution in [1.82, 2.24) is 0 Å². The minimum atomic E-state index is -1.17. The molecule has 3 aromatic carbocycles. The number of allylic oxidation sites excluding steroid dienone is 2. The number of rotatable bonds is 5. The largest absolute Gasteiger partial charge is 0.298 e. The van der Waals surface area contributed by atoms with Crippen molar-refractivity contribution in [2.45, 2.75) is 26.7 Å². The molecular weight excluding hydrogens is 489 g/mol. The van der Waals surface area contributed by atoms with E-state index in [-0.39, 0.29) is 16.5 Å². The molecular formula is C31H25ClFNO3. The van der Waals surface area contributed by atoms with E-state index in [4.69, 9.17) is 11.6 Å².